The van der Waals surface area contributed by atoms with Gasteiger partial charge in [-0.25, -0.2) is 8.42 Å². The summed E-state index contributed by atoms with van der Waals surface area (Å²) in [5.41, 5.74) is 1.37. The molecule has 0 radical (unpaired) electrons. The lowest BCUT2D eigenvalue weighted by Gasteiger charge is -2.27. The minimum absolute atomic E-state index is 0.221. The lowest BCUT2D eigenvalue weighted by Crippen LogP contribution is -2.45. The Morgan fingerprint density at radius 1 is 1.19 bits per heavy atom. The van der Waals surface area contributed by atoms with Crippen molar-refractivity contribution in [2.45, 2.75) is 13.0 Å². The largest absolute Gasteiger partial charge is 0.486 e. The average Bonchev–Trinajstić information content (AvgIpc) is 2.63. The van der Waals surface area contributed by atoms with Crippen molar-refractivity contribution in [3.63, 3.8) is 0 Å². The number of anilines is 1. The summed E-state index contributed by atoms with van der Waals surface area (Å²) < 4.78 is 36.7. The van der Waals surface area contributed by atoms with Gasteiger partial charge in [0.05, 0.1) is 18.5 Å². The van der Waals surface area contributed by atoms with Crippen LogP contribution in [0.4, 0.5) is 5.69 Å². The summed E-state index contributed by atoms with van der Waals surface area (Å²) >= 11 is 0. The number of benzene rings is 2. The summed E-state index contributed by atoms with van der Waals surface area (Å²) in [7, 11) is -3.60. The fraction of sp³-hybridized carbons (Fsp3) is 0.316. The van der Waals surface area contributed by atoms with Crippen molar-refractivity contribution in [2.24, 2.45) is 0 Å². The smallest absolute Gasteiger partial charge is 0.240 e. The molecule has 0 spiro atoms. The maximum atomic E-state index is 12.3. The van der Waals surface area contributed by atoms with Gasteiger partial charge >= 0.3 is 0 Å². The topological polar surface area (TPSA) is 84.9 Å². The number of amides is 1. The molecular weight excluding hydrogens is 368 g/mol. The maximum absolute atomic E-state index is 12.3. The van der Waals surface area contributed by atoms with E-state index < -0.39 is 15.9 Å². The normalized spacial score (nSPS) is 15.9. The van der Waals surface area contributed by atoms with Crippen molar-refractivity contribution < 1.29 is 22.7 Å². The van der Waals surface area contributed by atoms with Crippen molar-refractivity contribution in [1.82, 2.24) is 5.32 Å². The third-order valence-corrected chi connectivity index (χ3v) is 5.21. The Morgan fingerprint density at radius 2 is 1.93 bits per heavy atom. The highest BCUT2D eigenvalue weighted by Crippen LogP contribution is 2.30. The Bertz CT molecular complexity index is 929. The van der Waals surface area contributed by atoms with Gasteiger partial charge in [0.25, 0.3) is 0 Å². The number of hydrogen-bond acceptors (Lipinski definition) is 5. The number of carbonyl (C=O) groups is 1. The second-order valence-corrected chi connectivity index (χ2v) is 8.32. The summed E-state index contributed by atoms with van der Waals surface area (Å²) in [6.45, 7) is 2.10. The molecule has 0 fully saturated rings. The first kappa shape index (κ1) is 19.0. The quantitative estimate of drug-likeness (QED) is 0.812. The third kappa shape index (κ3) is 4.91. The van der Waals surface area contributed by atoms with Gasteiger partial charge in [0.2, 0.25) is 15.9 Å². The predicted molar refractivity (Wildman–Crippen MR) is 103 cm³/mol. The van der Waals surface area contributed by atoms with Crippen LogP contribution in [0.5, 0.6) is 11.5 Å². The first-order valence-corrected chi connectivity index (χ1v) is 10.4. The number of sulfonamides is 1. The van der Waals surface area contributed by atoms with Gasteiger partial charge in [-0.15, -0.1) is 0 Å². The average molecular weight is 390 g/mol. The van der Waals surface area contributed by atoms with Gasteiger partial charge in [0.15, 0.2) is 11.5 Å². The molecule has 1 unspecified atom stereocenters. The van der Waals surface area contributed by atoms with Crippen LogP contribution in [0, 0.1) is 6.92 Å². The van der Waals surface area contributed by atoms with E-state index in [0.717, 1.165) is 16.1 Å². The van der Waals surface area contributed by atoms with Gasteiger partial charge in [-0.1, -0.05) is 24.3 Å². The molecule has 7 nitrogen and oxygen atoms in total. The van der Waals surface area contributed by atoms with E-state index in [1.54, 1.807) is 24.3 Å². The van der Waals surface area contributed by atoms with Crippen LogP contribution in [0.25, 0.3) is 0 Å². The molecule has 27 heavy (non-hydrogen) atoms. The molecular formula is C19H22N2O5S. The highest BCUT2D eigenvalue weighted by Gasteiger charge is 2.24. The fourth-order valence-electron chi connectivity index (χ4n) is 2.76. The molecule has 2 aromatic rings. The van der Waals surface area contributed by atoms with Crippen LogP contribution in [0.3, 0.4) is 0 Å². The van der Waals surface area contributed by atoms with E-state index in [0.29, 0.717) is 23.8 Å². The van der Waals surface area contributed by atoms with Crippen LogP contribution < -0.4 is 19.1 Å². The van der Waals surface area contributed by atoms with E-state index in [-0.39, 0.29) is 19.2 Å². The van der Waals surface area contributed by atoms with Crippen LogP contribution in [-0.2, 0) is 14.8 Å². The highest BCUT2D eigenvalue weighted by molar-refractivity contribution is 7.92. The van der Waals surface area contributed by atoms with Crippen molar-refractivity contribution >= 4 is 21.6 Å². The Kier molecular flexibility index (Phi) is 5.55. The number of aryl methyl sites for hydroxylation is 1. The number of hydrogen-bond donors (Lipinski definition) is 1. The molecule has 1 atom stereocenters. The Balaban J connectivity index is 1.60. The SMILES string of the molecule is Cc1cccc(N(CC(=O)NCC2COc3ccccc3O2)S(C)(=O)=O)c1. The number of ether oxygens (including phenoxy) is 2. The monoisotopic (exact) mass is 390 g/mol. The first-order valence-electron chi connectivity index (χ1n) is 8.52. The van der Waals surface area contributed by atoms with Crippen LogP contribution in [0.15, 0.2) is 48.5 Å². The van der Waals surface area contributed by atoms with Crippen molar-refractivity contribution in [3.05, 3.63) is 54.1 Å². The number of carbonyl (C=O) groups excluding carboxylic acids is 1. The summed E-state index contributed by atoms with van der Waals surface area (Å²) in [4.78, 5) is 12.3. The second kappa shape index (κ2) is 7.87. The van der Waals surface area contributed by atoms with Gasteiger partial charge in [0, 0.05) is 0 Å². The molecule has 0 aromatic heterocycles. The fourth-order valence-corrected chi connectivity index (χ4v) is 3.61. The van der Waals surface area contributed by atoms with Gasteiger partial charge in [0.1, 0.15) is 19.3 Å². The Labute approximate surface area is 158 Å². The zero-order valence-electron chi connectivity index (χ0n) is 15.2. The number of rotatable bonds is 6. The second-order valence-electron chi connectivity index (χ2n) is 6.41. The molecule has 0 saturated carbocycles. The van der Waals surface area contributed by atoms with E-state index in [2.05, 4.69) is 5.32 Å². The van der Waals surface area contributed by atoms with Gasteiger partial charge in [-0.05, 0) is 36.8 Å². The third-order valence-electron chi connectivity index (χ3n) is 4.07. The number of para-hydroxylation sites is 2. The van der Waals surface area contributed by atoms with E-state index in [4.69, 9.17) is 9.47 Å². The van der Waals surface area contributed by atoms with E-state index in [1.807, 2.05) is 31.2 Å². The van der Waals surface area contributed by atoms with Crippen molar-refractivity contribution in [1.29, 1.82) is 0 Å². The summed E-state index contributed by atoms with van der Waals surface area (Å²) in [6.07, 6.45) is 0.743. The summed E-state index contributed by atoms with van der Waals surface area (Å²) in [5, 5.41) is 2.72. The number of fused-ring (bicyclic) bond motifs is 1. The van der Waals surface area contributed by atoms with E-state index >= 15 is 0 Å². The minimum Gasteiger partial charge on any atom is -0.486 e. The van der Waals surface area contributed by atoms with Crippen LogP contribution >= 0.6 is 0 Å². The van der Waals surface area contributed by atoms with Gasteiger partial charge in [-0.3, -0.25) is 9.10 Å². The molecule has 0 bridgehead atoms. The standard InChI is InChI=1S/C19H22N2O5S/c1-14-6-5-7-15(10-14)21(27(2,23)24)12-19(22)20-11-16-13-25-17-8-3-4-9-18(17)26-16/h3-10,16H,11-13H2,1-2H3,(H,20,22). The summed E-state index contributed by atoms with van der Waals surface area (Å²) in [6, 6.07) is 14.3. The zero-order chi connectivity index (χ0) is 19.4. The van der Waals surface area contributed by atoms with Crippen LogP contribution in [0.2, 0.25) is 0 Å². The van der Waals surface area contributed by atoms with Gasteiger partial charge in [-0.2, -0.15) is 0 Å². The molecule has 1 N–H and O–H groups in total. The summed E-state index contributed by atoms with van der Waals surface area (Å²) in [5.74, 6) is 0.882. The van der Waals surface area contributed by atoms with E-state index in [9.17, 15) is 13.2 Å². The molecule has 0 aliphatic carbocycles. The molecule has 1 heterocycles. The zero-order valence-corrected chi connectivity index (χ0v) is 16.0. The van der Waals surface area contributed by atoms with Crippen molar-refractivity contribution in [2.75, 3.05) is 30.3 Å². The molecule has 1 aliphatic heterocycles. The molecule has 8 heteroatoms. The van der Waals surface area contributed by atoms with Crippen LogP contribution in [-0.4, -0.2) is 46.4 Å². The minimum atomic E-state index is -3.60. The molecule has 2 aromatic carbocycles. The van der Waals surface area contributed by atoms with Crippen LogP contribution in [0.1, 0.15) is 5.56 Å². The first-order chi connectivity index (χ1) is 12.8. The van der Waals surface area contributed by atoms with E-state index in [1.165, 1.54) is 0 Å². The lowest BCUT2D eigenvalue weighted by molar-refractivity contribution is -0.120. The Hall–Kier alpha value is -2.74. The number of nitrogens with zero attached hydrogens (tertiary/aromatic N) is 1. The van der Waals surface area contributed by atoms with Gasteiger partial charge < -0.3 is 14.8 Å². The molecule has 144 valence electrons. The Morgan fingerprint density at radius 3 is 2.63 bits per heavy atom. The highest BCUT2D eigenvalue weighted by atomic mass is 32.2. The molecule has 3 rings (SSSR count). The van der Waals surface area contributed by atoms with Crippen molar-refractivity contribution in [3.8, 4) is 11.5 Å². The number of nitrogens with one attached hydrogen (secondary N) is 1. The molecule has 1 amide bonds. The lowest BCUT2D eigenvalue weighted by atomic mass is 10.2. The predicted octanol–water partition coefficient (Wildman–Crippen LogP) is 1.72. The molecule has 1 aliphatic rings. The maximum Gasteiger partial charge on any atom is 0.240 e. The molecule has 0 saturated heterocycles.